The normalized spacial score (nSPS) is 22.2. The number of hydrogen-bond donors (Lipinski definition) is 0. The quantitative estimate of drug-likeness (QED) is 0.869. The molecule has 0 saturated heterocycles. The molecular weight excluding hydrogens is 282 g/mol. The summed E-state index contributed by atoms with van der Waals surface area (Å²) in [7, 11) is 2.14. The summed E-state index contributed by atoms with van der Waals surface area (Å²) < 4.78 is 1.59. The van der Waals surface area contributed by atoms with E-state index in [1.54, 1.807) is 16.7 Å². The van der Waals surface area contributed by atoms with Crippen LogP contribution in [0.1, 0.15) is 25.0 Å². The number of pyridine rings is 1. The molecule has 2 atom stereocenters. The van der Waals surface area contributed by atoms with Gasteiger partial charge >= 0.3 is 0 Å². The summed E-state index contributed by atoms with van der Waals surface area (Å²) in [5.74, 6) is 0. The fourth-order valence-corrected chi connectivity index (χ4v) is 3.89. The Morgan fingerprint density at radius 1 is 1.43 bits per heavy atom. The maximum Gasteiger partial charge on any atom is 0.258 e. The van der Waals surface area contributed by atoms with Gasteiger partial charge in [-0.15, -0.1) is 0 Å². The molecule has 1 aliphatic rings. The molecule has 0 radical (unpaired) electrons. The van der Waals surface area contributed by atoms with E-state index in [0.717, 1.165) is 23.1 Å². The molecule has 1 aliphatic carbocycles. The standard InChI is InChI=1S/C16H21N3OS/c1-18(13-6-7-14(10-13)21-2)11-12-9-16(20)19-8-4-3-5-15(19)17-12/h3-5,8-9,13-14H,6-7,10-11H2,1-2H3/t13-,14-/m1/s1. The summed E-state index contributed by atoms with van der Waals surface area (Å²) in [6, 6.07) is 7.91. The van der Waals surface area contributed by atoms with Crippen molar-refractivity contribution in [3.63, 3.8) is 0 Å². The highest BCUT2D eigenvalue weighted by Gasteiger charge is 2.27. The minimum Gasteiger partial charge on any atom is -0.298 e. The van der Waals surface area contributed by atoms with Gasteiger partial charge in [-0.25, -0.2) is 4.98 Å². The summed E-state index contributed by atoms with van der Waals surface area (Å²) in [5.41, 5.74) is 1.58. The van der Waals surface area contributed by atoms with E-state index in [0.29, 0.717) is 6.04 Å². The molecule has 1 saturated carbocycles. The number of aromatic nitrogens is 2. The second kappa shape index (κ2) is 6.20. The molecule has 0 unspecified atom stereocenters. The van der Waals surface area contributed by atoms with Crippen LogP contribution >= 0.6 is 11.8 Å². The summed E-state index contributed by atoms with van der Waals surface area (Å²) >= 11 is 1.97. The zero-order valence-corrected chi connectivity index (χ0v) is 13.3. The van der Waals surface area contributed by atoms with Gasteiger partial charge in [0.05, 0.1) is 5.69 Å². The van der Waals surface area contributed by atoms with Gasteiger partial charge in [-0.05, 0) is 44.7 Å². The van der Waals surface area contributed by atoms with Crippen LogP contribution in [0.15, 0.2) is 35.3 Å². The number of nitrogens with zero attached hydrogens (tertiary/aromatic N) is 3. The molecule has 4 nitrogen and oxygen atoms in total. The lowest BCUT2D eigenvalue weighted by molar-refractivity contribution is 0.235. The van der Waals surface area contributed by atoms with Crippen molar-refractivity contribution in [2.45, 2.75) is 37.1 Å². The van der Waals surface area contributed by atoms with Crippen LogP contribution in [-0.2, 0) is 6.54 Å². The second-order valence-corrected chi connectivity index (χ2v) is 6.89. The van der Waals surface area contributed by atoms with E-state index >= 15 is 0 Å². The maximum atomic E-state index is 12.1. The largest absolute Gasteiger partial charge is 0.298 e. The number of fused-ring (bicyclic) bond motifs is 1. The molecule has 3 rings (SSSR count). The van der Waals surface area contributed by atoms with Crippen molar-refractivity contribution in [1.29, 1.82) is 0 Å². The SMILES string of the molecule is CS[C@@H]1CC[C@@H](N(C)Cc2cc(=O)n3ccccc3n2)C1. The van der Waals surface area contributed by atoms with Crippen molar-refractivity contribution in [1.82, 2.24) is 14.3 Å². The van der Waals surface area contributed by atoms with E-state index < -0.39 is 0 Å². The first-order valence-electron chi connectivity index (χ1n) is 7.37. The lowest BCUT2D eigenvalue weighted by atomic mass is 10.2. The predicted octanol–water partition coefficient (Wildman–Crippen LogP) is 2.41. The van der Waals surface area contributed by atoms with Crippen molar-refractivity contribution in [3.05, 3.63) is 46.5 Å². The molecule has 0 aliphatic heterocycles. The van der Waals surface area contributed by atoms with Crippen LogP contribution in [0.2, 0.25) is 0 Å². The highest BCUT2D eigenvalue weighted by atomic mass is 32.2. The molecule has 0 N–H and O–H groups in total. The minimum atomic E-state index is -0.00240. The van der Waals surface area contributed by atoms with Crippen molar-refractivity contribution >= 4 is 17.4 Å². The summed E-state index contributed by atoms with van der Waals surface area (Å²) in [4.78, 5) is 19.0. The molecule has 5 heteroatoms. The van der Waals surface area contributed by atoms with Gasteiger partial charge < -0.3 is 0 Å². The Labute approximate surface area is 129 Å². The van der Waals surface area contributed by atoms with Gasteiger partial charge in [0, 0.05) is 30.1 Å². The molecule has 2 aromatic heterocycles. The van der Waals surface area contributed by atoms with Crippen LogP contribution in [0.5, 0.6) is 0 Å². The lowest BCUT2D eigenvalue weighted by Crippen LogP contribution is -2.30. The third kappa shape index (κ3) is 3.14. The van der Waals surface area contributed by atoms with E-state index in [1.807, 2.05) is 30.0 Å². The van der Waals surface area contributed by atoms with Gasteiger partial charge in [0.1, 0.15) is 5.65 Å². The van der Waals surface area contributed by atoms with Crippen molar-refractivity contribution < 1.29 is 0 Å². The molecule has 1 fully saturated rings. The number of rotatable bonds is 4. The van der Waals surface area contributed by atoms with Gasteiger partial charge in [0.25, 0.3) is 5.56 Å². The highest BCUT2D eigenvalue weighted by Crippen LogP contribution is 2.31. The van der Waals surface area contributed by atoms with Crippen molar-refractivity contribution in [3.8, 4) is 0 Å². The average Bonchev–Trinajstić information content (AvgIpc) is 2.96. The molecule has 0 bridgehead atoms. The first-order chi connectivity index (χ1) is 10.2. The third-order valence-electron chi connectivity index (χ3n) is 4.35. The monoisotopic (exact) mass is 303 g/mol. The topological polar surface area (TPSA) is 37.6 Å². The fourth-order valence-electron chi connectivity index (χ4n) is 3.10. The van der Waals surface area contributed by atoms with Gasteiger partial charge in [-0.2, -0.15) is 11.8 Å². The van der Waals surface area contributed by atoms with Crippen LogP contribution < -0.4 is 5.56 Å². The van der Waals surface area contributed by atoms with Gasteiger partial charge in [0.15, 0.2) is 0 Å². The minimum absolute atomic E-state index is 0.00240. The van der Waals surface area contributed by atoms with Gasteiger partial charge in [-0.1, -0.05) is 6.07 Å². The van der Waals surface area contributed by atoms with E-state index in [9.17, 15) is 4.79 Å². The van der Waals surface area contributed by atoms with E-state index in [2.05, 4.69) is 23.2 Å². The zero-order chi connectivity index (χ0) is 14.8. The lowest BCUT2D eigenvalue weighted by Gasteiger charge is -2.24. The highest BCUT2D eigenvalue weighted by molar-refractivity contribution is 7.99. The Kier molecular flexibility index (Phi) is 4.31. The Bertz CT molecular complexity index is 685. The Hall–Kier alpha value is -1.33. The Balaban J connectivity index is 1.77. The smallest absolute Gasteiger partial charge is 0.258 e. The molecular formula is C16H21N3OS. The van der Waals surface area contributed by atoms with E-state index in [-0.39, 0.29) is 5.56 Å². The zero-order valence-electron chi connectivity index (χ0n) is 12.5. The fraction of sp³-hybridized carbons (Fsp3) is 0.500. The first kappa shape index (κ1) is 14.6. The Morgan fingerprint density at radius 2 is 2.29 bits per heavy atom. The maximum absolute atomic E-state index is 12.1. The molecule has 2 aromatic rings. The predicted molar refractivity (Wildman–Crippen MR) is 87.9 cm³/mol. The molecule has 21 heavy (non-hydrogen) atoms. The summed E-state index contributed by atoms with van der Waals surface area (Å²) in [6.45, 7) is 0.742. The van der Waals surface area contributed by atoms with Crippen LogP contribution in [-0.4, -0.2) is 38.9 Å². The average molecular weight is 303 g/mol. The van der Waals surface area contributed by atoms with Crippen LogP contribution in [0.3, 0.4) is 0 Å². The second-order valence-electron chi connectivity index (χ2n) is 5.75. The van der Waals surface area contributed by atoms with E-state index in [4.69, 9.17) is 0 Å². The van der Waals surface area contributed by atoms with Gasteiger partial charge in [0.2, 0.25) is 0 Å². The number of thioether (sulfide) groups is 1. The molecule has 0 aromatic carbocycles. The van der Waals surface area contributed by atoms with Crippen LogP contribution in [0.25, 0.3) is 5.65 Å². The van der Waals surface area contributed by atoms with Crippen molar-refractivity contribution in [2.75, 3.05) is 13.3 Å². The van der Waals surface area contributed by atoms with Gasteiger partial charge in [-0.3, -0.25) is 14.1 Å². The van der Waals surface area contributed by atoms with Crippen LogP contribution in [0.4, 0.5) is 0 Å². The molecule has 0 amide bonds. The number of hydrogen-bond acceptors (Lipinski definition) is 4. The van der Waals surface area contributed by atoms with Crippen molar-refractivity contribution in [2.24, 2.45) is 0 Å². The summed E-state index contributed by atoms with van der Waals surface area (Å²) in [6.07, 6.45) is 7.74. The molecule has 2 heterocycles. The first-order valence-corrected chi connectivity index (χ1v) is 8.66. The van der Waals surface area contributed by atoms with E-state index in [1.165, 1.54) is 19.3 Å². The molecule has 0 spiro atoms. The molecule has 112 valence electrons. The Morgan fingerprint density at radius 3 is 3.05 bits per heavy atom. The third-order valence-corrected chi connectivity index (χ3v) is 5.44. The van der Waals surface area contributed by atoms with Crippen LogP contribution in [0, 0.1) is 0 Å². The summed E-state index contributed by atoms with van der Waals surface area (Å²) in [5, 5.41) is 0.785.